The maximum atomic E-state index is 6.25. The Morgan fingerprint density at radius 2 is 2.05 bits per heavy atom. The van der Waals surface area contributed by atoms with Crippen molar-refractivity contribution < 1.29 is 4.74 Å². The van der Waals surface area contributed by atoms with Gasteiger partial charge in [-0.25, -0.2) is 9.97 Å². The number of likely N-dealkylation sites (N-methyl/N-ethyl adjacent to an activating group) is 1. The average molecular weight is 336 g/mol. The van der Waals surface area contributed by atoms with Crippen LogP contribution in [0.3, 0.4) is 0 Å². The van der Waals surface area contributed by atoms with Crippen molar-refractivity contribution in [2.75, 3.05) is 13.7 Å². The molecule has 1 aromatic heterocycles. The maximum absolute atomic E-state index is 6.25. The SMILES string of the molecule is CN1Cc2c(Cl)nc(Cl)nc2CC12CCOc1ccccc12. The van der Waals surface area contributed by atoms with Gasteiger partial charge in [0.1, 0.15) is 10.9 Å². The minimum atomic E-state index is -0.122. The van der Waals surface area contributed by atoms with E-state index in [1.165, 1.54) is 5.56 Å². The lowest BCUT2D eigenvalue weighted by atomic mass is 9.76. The van der Waals surface area contributed by atoms with Gasteiger partial charge in [0.2, 0.25) is 5.28 Å². The molecule has 0 amide bonds. The van der Waals surface area contributed by atoms with Crippen LogP contribution in [0.25, 0.3) is 0 Å². The number of aromatic nitrogens is 2. The summed E-state index contributed by atoms with van der Waals surface area (Å²) in [7, 11) is 2.12. The summed E-state index contributed by atoms with van der Waals surface area (Å²) in [5, 5.41) is 0.667. The van der Waals surface area contributed by atoms with E-state index in [0.29, 0.717) is 18.3 Å². The van der Waals surface area contributed by atoms with Crippen molar-refractivity contribution in [3.63, 3.8) is 0 Å². The first-order valence-electron chi connectivity index (χ1n) is 7.24. The lowest BCUT2D eigenvalue weighted by Gasteiger charge is -2.48. The summed E-state index contributed by atoms with van der Waals surface area (Å²) in [4.78, 5) is 10.8. The summed E-state index contributed by atoms with van der Waals surface area (Å²) in [6.45, 7) is 1.41. The molecule has 1 unspecified atom stereocenters. The summed E-state index contributed by atoms with van der Waals surface area (Å²) in [6.07, 6.45) is 1.68. The molecule has 1 spiro atoms. The number of hydrogen-bond acceptors (Lipinski definition) is 4. The normalized spacial score (nSPS) is 23.8. The minimum Gasteiger partial charge on any atom is -0.493 e. The van der Waals surface area contributed by atoms with Gasteiger partial charge >= 0.3 is 0 Å². The lowest BCUT2D eigenvalue weighted by molar-refractivity contribution is 0.0461. The highest BCUT2D eigenvalue weighted by Crippen LogP contribution is 2.46. The Bertz CT molecular complexity index is 752. The molecule has 6 heteroatoms. The molecule has 0 bridgehead atoms. The molecule has 2 aromatic rings. The van der Waals surface area contributed by atoms with Gasteiger partial charge in [0.15, 0.2) is 0 Å². The van der Waals surface area contributed by atoms with Gasteiger partial charge in [0.25, 0.3) is 0 Å². The maximum Gasteiger partial charge on any atom is 0.224 e. The molecule has 0 saturated carbocycles. The molecule has 0 radical (unpaired) electrons. The largest absolute Gasteiger partial charge is 0.493 e. The molecule has 0 N–H and O–H groups in total. The van der Waals surface area contributed by atoms with Crippen molar-refractivity contribution in [3.05, 3.63) is 51.5 Å². The van der Waals surface area contributed by atoms with Gasteiger partial charge in [-0.2, -0.15) is 0 Å². The molecule has 0 saturated heterocycles. The standard InChI is InChI=1S/C16H15Cl2N3O/c1-21-9-10-12(19-15(18)20-14(10)17)8-16(21)6-7-22-13-5-3-2-4-11(13)16/h2-5H,6-9H2,1H3. The van der Waals surface area contributed by atoms with E-state index in [1.54, 1.807) is 0 Å². The Morgan fingerprint density at radius 3 is 2.91 bits per heavy atom. The second kappa shape index (κ2) is 5.08. The van der Waals surface area contributed by atoms with Crippen molar-refractivity contribution in [1.29, 1.82) is 0 Å². The molecule has 3 heterocycles. The summed E-state index contributed by atoms with van der Waals surface area (Å²) in [5.41, 5.74) is 3.01. The van der Waals surface area contributed by atoms with E-state index in [-0.39, 0.29) is 10.8 Å². The Hall–Kier alpha value is -1.36. The van der Waals surface area contributed by atoms with E-state index < -0.39 is 0 Å². The number of rotatable bonds is 0. The van der Waals surface area contributed by atoms with E-state index >= 15 is 0 Å². The van der Waals surface area contributed by atoms with E-state index in [1.807, 2.05) is 12.1 Å². The Labute approximate surface area is 139 Å². The van der Waals surface area contributed by atoms with E-state index in [9.17, 15) is 0 Å². The monoisotopic (exact) mass is 335 g/mol. The van der Waals surface area contributed by atoms with Crippen molar-refractivity contribution in [2.24, 2.45) is 0 Å². The molecule has 2 aliphatic heterocycles. The third-order valence-electron chi connectivity index (χ3n) is 4.76. The number of halogens is 2. The van der Waals surface area contributed by atoms with Gasteiger partial charge in [-0.15, -0.1) is 0 Å². The predicted molar refractivity (Wildman–Crippen MR) is 85.5 cm³/mol. The molecule has 4 nitrogen and oxygen atoms in total. The summed E-state index contributed by atoms with van der Waals surface area (Å²) in [5.74, 6) is 0.954. The third-order valence-corrected chi connectivity index (χ3v) is 5.24. The van der Waals surface area contributed by atoms with Crippen LogP contribution in [-0.4, -0.2) is 28.5 Å². The first-order valence-corrected chi connectivity index (χ1v) is 8.00. The van der Waals surface area contributed by atoms with Crippen LogP contribution in [-0.2, 0) is 18.5 Å². The second-order valence-electron chi connectivity index (χ2n) is 5.87. The molecule has 0 fully saturated rings. The fraction of sp³-hybridized carbons (Fsp3) is 0.375. The molecular weight excluding hydrogens is 321 g/mol. The highest BCUT2D eigenvalue weighted by Gasteiger charge is 2.45. The lowest BCUT2D eigenvalue weighted by Crippen LogP contribution is -2.51. The zero-order valence-corrected chi connectivity index (χ0v) is 13.7. The van der Waals surface area contributed by atoms with Gasteiger partial charge in [-0.3, -0.25) is 4.90 Å². The number of para-hydroxylation sites is 1. The number of benzene rings is 1. The number of hydrogen-bond donors (Lipinski definition) is 0. The van der Waals surface area contributed by atoms with Crippen LogP contribution in [0.5, 0.6) is 5.75 Å². The van der Waals surface area contributed by atoms with Crippen LogP contribution in [0.15, 0.2) is 24.3 Å². The Kier molecular flexibility index (Phi) is 3.29. The molecule has 4 rings (SSSR count). The Balaban J connectivity index is 1.88. The van der Waals surface area contributed by atoms with Crippen LogP contribution in [0.2, 0.25) is 10.4 Å². The summed E-state index contributed by atoms with van der Waals surface area (Å²) >= 11 is 12.3. The molecular formula is C16H15Cl2N3O. The van der Waals surface area contributed by atoms with Gasteiger partial charge in [0, 0.05) is 30.5 Å². The highest BCUT2D eigenvalue weighted by atomic mass is 35.5. The van der Waals surface area contributed by atoms with Gasteiger partial charge in [-0.05, 0) is 24.7 Å². The van der Waals surface area contributed by atoms with Gasteiger partial charge < -0.3 is 4.74 Å². The topological polar surface area (TPSA) is 38.2 Å². The molecule has 0 aliphatic carbocycles. The van der Waals surface area contributed by atoms with Crippen LogP contribution >= 0.6 is 23.2 Å². The van der Waals surface area contributed by atoms with Crippen molar-refractivity contribution in [3.8, 4) is 5.75 Å². The first-order chi connectivity index (χ1) is 10.6. The predicted octanol–water partition coefficient (Wildman–Crippen LogP) is 3.45. The quantitative estimate of drug-likeness (QED) is 0.546. The smallest absolute Gasteiger partial charge is 0.224 e. The fourth-order valence-corrected chi connectivity index (χ4v) is 4.07. The van der Waals surface area contributed by atoms with E-state index in [2.05, 4.69) is 34.0 Å². The Morgan fingerprint density at radius 1 is 1.23 bits per heavy atom. The first kappa shape index (κ1) is 14.2. The molecule has 2 aliphatic rings. The zero-order valence-electron chi connectivity index (χ0n) is 12.1. The van der Waals surface area contributed by atoms with E-state index in [0.717, 1.165) is 29.8 Å². The van der Waals surface area contributed by atoms with Crippen molar-refractivity contribution in [1.82, 2.24) is 14.9 Å². The second-order valence-corrected chi connectivity index (χ2v) is 6.56. The highest BCUT2D eigenvalue weighted by molar-refractivity contribution is 6.32. The molecule has 1 aromatic carbocycles. The summed E-state index contributed by atoms with van der Waals surface area (Å²) in [6, 6.07) is 8.23. The van der Waals surface area contributed by atoms with Crippen LogP contribution < -0.4 is 4.74 Å². The fourth-order valence-electron chi connectivity index (χ4n) is 3.60. The van der Waals surface area contributed by atoms with Crippen LogP contribution in [0.4, 0.5) is 0 Å². The average Bonchev–Trinajstić information content (AvgIpc) is 2.50. The van der Waals surface area contributed by atoms with E-state index in [4.69, 9.17) is 27.9 Å². The summed E-state index contributed by atoms with van der Waals surface area (Å²) < 4.78 is 5.82. The molecule has 114 valence electrons. The zero-order chi connectivity index (χ0) is 15.3. The molecule has 22 heavy (non-hydrogen) atoms. The number of fused-ring (bicyclic) bond motifs is 3. The van der Waals surface area contributed by atoms with Gasteiger partial charge in [-0.1, -0.05) is 29.8 Å². The van der Waals surface area contributed by atoms with Crippen molar-refractivity contribution >= 4 is 23.2 Å². The van der Waals surface area contributed by atoms with Gasteiger partial charge in [0.05, 0.1) is 17.8 Å². The molecule has 1 atom stereocenters. The number of nitrogens with zero attached hydrogens (tertiary/aromatic N) is 3. The van der Waals surface area contributed by atoms with Crippen molar-refractivity contribution in [2.45, 2.75) is 24.9 Å². The number of ether oxygens (including phenoxy) is 1. The minimum absolute atomic E-state index is 0.122. The van der Waals surface area contributed by atoms with Crippen LogP contribution in [0.1, 0.15) is 23.2 Å². The van der Waals surface area contributed by atoms with Crippen LogP contribution in [0, 0.1) is 0 Å². The third kappa shape index (κ3) is 2.02.